The van der Waals surface area contributed by atoms with Crippen molar-refractivity contribution in [2.45, 2.75) is 38.1 Å². The highest BCUT2D eigenvalue weighted by atomic mass is 35.5. The van der Waals surface area contributed by atoms with Gasteiger partial charge in [0.25, 0.3) is 0 Å². The first-order valence-electron chi connectivity index (χ1n) is 6.72. The van der Waals surface area contributed by atoms with Crippen molar-refractivity contribution in [1.82, 2.24) is 5.32 Å². The molecule has 1 aromatic carbocycles. The molecule has 1 aliphatic heterocycles. The van der Waals surface area contributed by atoms with Gasteiger partial charge in [-0.15, -0.1) is 12.4 Å². The summed E-state index contributed by atoms with van der Waals surface area (Å²) in [5.41, 5.74) is 2.21. The molecule has 0 saturated carbocycles. The van der Waals surface area contributed by atoms with Crippen LogP contribution in [0.15, 0.2) is 24.3 Å². The Hall–Kier alpha value is -0.860. The van der Waals surface area contributed by atoms with Crippen LogP contribution < -0.4 is 5.32 Å². The Morgan fingerprint density at radius 3 is 2.72 bits per heavy atom. The molecule has 0 spiro atoms. The average molecular weight is 266 g/mol. The fourth-order valence-electron chi connectivity index (χ4n) is 3.23. The van der Waals surface area contributed by atoms with E-state index in [4.69, 9.17) is 0 Å². The Bertz CT molecular complexity index is 426. The smallest absolute Gasteiger partial charge is 0.167 e. The number of Topliss-reactive ketones (excluding diaryl/α,β-unsaturated/α-hetero) is 1. The third-order valence-electron chi connectivity index (χ3n) is 4.18. The summed E-state index contributed by atoms with van der Waals surface area (Å²) < 4.78 is 0. The van der Waals surface area contributed by atoms with Gasteiger partial charge in [-0.3, -0.25) is 4.79 Å². The molecule has 3 rings (SSSR count). The van der Waals surface area contributed by atoms with Gasteiger partial charge in [0.1, 0.15) is 0 Å². The summed E-state index contributed by atoms with van der Waals surface area (Å²) in [5, 5.41) is 3.53. The molecule has 2 aliphatic rings. The van der Waals surface area contributed by atoms with E-state index >= 15 is 0 Å². The number of hydrogen-bond donors (Lipinski definition) is 1. The highest BCUT2D eigenvalue weighted by molar-refractivity contribution is 6.00. The number of benzene rings is 1. The molecular formula is C15H20ClNO. The molecule has 1 heterocycles. The molecule has 1 aliphatic carbocycles. The Balaban J connectivity index is 0.00000120. The molecule has 0 radical (unpaired) electrons. The van der Waals surface area contributed by atoms with Crippen molar-refractivity contribution in [3.63, 3.8) is 0 Å². The van der Waals surface area contributed by atoms with Crippen LogP contribution in [0, 0.1) is 5.92 Å². The number of carbonyl (C=O) groups is 1. The van der Waals surface area contributed by atoms with E-state index in [2.05, 4.69) is 11.4 Å². The van der Waals surface area contributed by atoms with Crippen LogP contribution in [0.3, 0.4) is 0 Å². The molecule has 2 unspecified atom stereocenters. The van der Waals surface area contributed by atoms with Crippen LogP contribution in [0.25, 0.3) is 0 Å². The van der Waals surface area contributed by atoms with Gasteiger partial charge in [-0.05, 0) is 37.8 Å². The van der Waals surface area contributed by atoms with Gasteiger partial charge >= 0.3 is 0 Å². The summed E-state index contributed by atoms with van der Waals surface area (Å²) in [4.78, 5) is 12.5. The molecule has 1 N–H and O–H groups in total. The Morgan fingerprint density at radius 1 is 1.11 bits per heavy atom. The highest BCUT2D eigenvalue weighted by Crippen LogP contribution is 2.30. The second-order valence-corrected chi connectivity index (χ2v) is 5.22. The average Bonchev–Trinajstić information content (AvgIpc) is 2.40. The SMILES string of the molecule is Cl.O=C1c2ccccc2CCC1C1CCCCN1. The Kier molecular flexibility index (Phi) is 4.41. The molecule has 1 aromatic rings. The van der Waals surface area contributed by atoms with Crippen molar-refractivity contribution in [3.05, 3.63) is 35.4 Å². The van der Waals surface area contributed by atoms with Crippen molar-refractivity contribution >= 4 is 18.2 Å². The van der Waals surface area contributed by atoms with Crippen molar-refractivity contribution < 1.29 is 4.79 Å². The fourth-order valence-corrected chi connectivity index (χ4v) is 3.23. The molecule has 98 valence electrons. The maximum absolute atomic E-state index is 12.5. The monoisotopic (exact) mass is 265 g/mol. The quantitative estimate of drug-likeness (QED) is 0.846. The second kappa shape index (κ2) is 5.85. The predicted molar refractivity (Wildman–Crippen MR) is 75.5 cm³/mol. The lowest BCUT2D eigenvalue weighted by Gasteiger charge is -2.33. The number of carbonyl (C=O) groups excluding carboxylic acids is 1. The Labute approximate surface area is 115 Å². The standard InChI is InChI=1S/C15H19NO.ClH/c17-15-12-6-2-1-5-11(12)8-9-13(15)14-7-3-4-10-16-14;/h1-2,5-6,13-14,16H,3-4,7-10H2;1H. The summed E-state index contributed by atoms with van der Waals surface area (Å²) >= 11 is 0. The summed E-state index contributed by atoms with van der Waals surface area (Å²) in [5.74, 6) is 0.580. The number of hydrogen-bond acceptors (Lipinski definition) is 2. The summed E-state index contributed by atoms with van der Waals surface area (Å²) in [7, 11) is 0. The molecule has 2 atom stereocenters. The van der Waals surface area contributed by atoms with Gasteiger partial charge in [0.05, 0.1) is 0 Å². The van der Waals surface area contributed by atoms with E-state index in [0.717, 1.165) is 24.9 Å². The number of fused-ring (bicyclic) bond motifs is 1. The van der Waals surface area contributed by atoms with Crippen LogP contribution in [0.2, 0.25) is 0 Å². The lowest BCUT2D eigenvalue weighted by molar-refractivity contribution is 0.0855. The molecule has 0 amide bonds. The molecule has 1 fully saturated rings. The highest BCUT2D eigenvalue weighted by Gasteiger charge is 2.33. The number of nitrogens with one attached hydrogen (secondary N) is 1. The number of ketones is 1. The normalized spacial score (nSPS) is 27.2. The zero-order valence-corrected chi connectivity index (χ0v) is 11.3. The van der Waals surface area contributed by atoms with Crippen molar-refractivity contribution in [2.24, 2.45) is 5.92 Å². The van der Waals surface area contributed by atoms with Crippen LogP contribution in [0.4, 0.5) is 0 Å². The van der Waals surface area contributed by atoms with Crippen molar-refractivity contribution in [3.8, 4) is 0 Å². The molecule has 2 nitrogen and oxygen atoms in total. The first-order chi connectivity index (χ1) is 8.36. The minimum Gasteiger partial charge on any atom is -0.313 e. The number of piperidine rings is 1. The van der Waals surface area contributed by atoms with E-state index in [0.29, 0.717) is 11.8 Å². The minimum absolute atomic E-state index is 0. The lowest BCUT2D eigenvalue weighted by Crippen LogP contribution is -2.44. The van der Waals surface area contributed by atoms with E-state index in [-0.39, 0.29) is 18.3 Å². The van der Waals surface area contributed by atoms with Crippen LogP contribution in [-0.2, 0) is 6.42 Å². The van der Waals surface area contributed by atoms with Gasteiger partial charge in [0.15, 0.2) is 5.78 Å². The van der Waals surface area contributed by atoms with E-state index in [1.165, 1.54) is 24.8 Å². The van der Waals surface area contributed by atoms with Crippen LogP contribution in [0.5, 0.6) is 0 Å². The largest absolute Gasteiger partial charge is 0.313 e. The molecule has 1 saturated heterocycles. The van der Waals surface area contributed by atoms with E-state index in [1.807, 2.05) is 18.2 Å². The summed E-state index contributed by atoms with van der Waals surface area (Å²) in [6, 6.07) is 8.52. The minimum atomic E-state index is 0. The number of halogens is 1. The maximum atomic E-state index is 12.5. The number of rotatable bonds is 1. The topological polar surface area (TPSA) is 29.1 Å². The van der Waals surface area contributed by atoms with Gasteiger partial charge in [-0.1, -0.05) is 30.7 Å². The summed E-state index contributed by atoms with van der Waals surface area (Å²) in [6.07, 6.45) is 5.77. The van der Waals surface area contributed by atoms with E-state index in [1.54, 1.807) is 0 Å². The zero-order valence-electron chi connectivity index (χ0n) is 10.5. The third-order valence-corrected chi connectivity index (χ3v) is 4.18. The maximum Gasteiger partial charge on any atom is 0.167 e. The van der Waals surface area contributed by atoms with Crippen molar-refractivity contribution in [2.75, 3.05) is 6.54 Å². The predicted octanol–water partition coefficient (Wildman–Crippen LogP) is 3.00. The van der Waals surface area contributed by atoms with E-state index in [9.17, 15) is 4.79 Å². The number of aryl methyl sites for hydroxylation is 1. The van der Waals surface area contributed by atoms with Crippen LogP contribution >= 0.6 is 12.4 Å². The zero-order chi connectivity index (χ0) is 11.7. The molecular weight excluding hydrogens is 246 g/mol. The first kappa shape index (κ1) is 13.6. The van der Waals surface area contributed by atoms with Gasteiger partial charge in [-0.25, -0.2) is 0 Å². The second-order valence-electron chi connectivity index (χ2n) is 5.22. The van der Waals surface area contributed by atoms with Gasteiger partial charge in [0.2, 0.25) is 0 Å². The first-order valence-corrected chi connectivity index (χ1v) is 6.72. The fraction of sp³-hybridized carbons (Fsp3) is 0.533. The van der Waals surface area contributed by atoms with E-state index < -0.39 is 0 Å². The third kappa shape index (κ3) is 2.45. The lowest BCUT2D eigenvalue weighted by atomic mass is 9.77. The van der Waals surface area contributed by atoms with Gasteiger partial charge in [-0.2, -0.15) is 0 Å². The summed E-state index contributed by atoms with van der Waals surface area (Å²) in [6.45, 7) is 1.08. The van der Waals surface area contributed by atoms with Gasteiger partial charge < -0.3 is 5.32 Å². The molecule has 0 aromatic heterocycles. The van der Waals surface area contributed by atoms with Gasteiger partial charge in [0, 0.05) is 17.5 Å². The van der Waals surface area contributed by atoms with Crippen LogP contribution in [0.1, 0.15) is 41.6 Å². The molecule has 18 heavy (non-hydrogen) atoms. The Morgan fingerprint density at radius 2 is 1.94 bits per heavy atom. The molecule has 0 bridgehead atoms. The van der Waals surface area contributed by atoms with Crippen LogP contribution in [-0.4, -0.2) is 18.4 Å². The van der Waals surface area contributed by atoms with Crippen molar-refractivity contribution in [1.29, 1.82) is 0 Å². The molecule has 3 heteroatoms.